The maximum atomic E-state index is 12.5. The highest BCUT2D eigenvalue weighted by Crippen LogP contribution is 2.15. The Bertz CT molecular complexity index is 778. The van der Waals surface area contributed by atoms with E-state index in [0.29, 0.717) is 31.4 Å². The van der Waals surface area contributed by atoms with Crippen molar-refractivity contribution in [1.82, 2.24) is 30.1 Å². The average Bonchev–Trinajstić information content (AvgIpc) is 3.21. The van der Waals surface area contributed by atoms with Crippen molar-refractivity contribution in [2.45, 2.75) is 12.6 Å². The summed E-state index contributed by atoms with van der Waals surface area (Å²) in [5.41, 5.74) is 1.59. The van der Waals surface area contributed by atoms with Crippen LogP contribution in [0.15, 0.2) is 30.5 Å². The molecule has 2 fully saturated rings. The molecule has 2 aliphatic rings. The normalized spacial score (nSPS) is 20.2. The zero-order chi connectivity index (χ0) is 18.6. The van der Waals surface area contributed by atoms with Gasteiger partial charge in [0.05, 0.1) is 44.8 Å². The molecule has 2 aromatic rings. The standard InChI is InChI=1S/C18H24N6O3/c1-26-17-4-2-15(3-5-17)24-11-14(20-21-24)10-19-18(25)23-7-6-22-8-9-27-13-16(22)12-23/h2-5,11,16H,6-10,12-13H2,1H3,(H,19,25). The summed E-state index contributed by atoms with van der Waals surface area (Å²) >= 11 is 0. The van der Waals surface area contributed by atoms with E-state index in [0.717, 1.165) is 37.7 Å². The van der Waals surface area contributed by atoms with Gasteiger partial charge in [0.2, 0.25) is 0 Å². The number of carbonyl (C=O) groups is 1. The fraction of sp³-hybridized carbons (Fsp3) is 0.500. The van der Waals surface area contributed by atoms with E-state index in [2.05, 4.69) is 20.5 Å². The summed E-state index contributed by atoms with van der Waals surface area (Å²) in [4.78, 5) is 16.7. The van der Waals surface area contributed by atoms with Crippen molar-refractivity contribution in [3.63, 3.8) is 0 Å². The lowest BCUT2D eigenvalue weighted by molar-refractivity contribution is -0.0365. The Balaban J connectivity index is 1.31. The molecule has 2 aliphatic heterocycles. The van der Waals surface area contributed by atoms with Crippen molar-refractivity contribution in [2.75, 3.05) is 46.5 Å². The summed E-state index contributed by atoms with van der Waals surface area (Å²) < 4.78 is 12.4. The number of amides is 2. The number of benzene rings is 1. The smallest absolute Gasteiger partial charge is 0.317 e. The first-order valence-electron chi connectivity index (χ1n) is 9.13. The predicted molar refractivity (Wildman–Crippen MR) is 97.9 cm³/mol. The van der Waals surface area contributed by atoms with Gasteiger partial charge in [0.25, 0.3) is 0 Å². The molecule has 27 heavy (non-hydrogen) atoms. The van der Waals surface area contributed by atoms with Crippen LogP contribution in [0.25, 0.3) is 5.69 Å². The molecule has 0 spiro atoms. The number of morpholine rings is 1. The first-order chi connectivity index (χ1) is 13.2. The van der Waals surface area contributed by atoms with E-state index in [-0.39, 0.29) is 6.03 Å². The van der Waals surface area contributed by atoms with Gasteiger partial charge in [-0.1, -0.05) is 5.21 Å². The number of nitrogens with zero attached hydrogens (tertiary/aromatic N) is 5. The number of piperazine rings is 1. The number of hydrogen-bond acceptors (Lipinski definition) is 6. The summed E-state index contributed by atoms with van der Waals surface area (Å²) in [6.45, 7) is 5.11. The molecule has 0 aliphatic carbocycles. The number of aromatic nitrogens is 3. The van der Waals surface area contributed by atoms with Crippen LogP contribution < -0.4 is 10.1 Å². The van der Waals surface area contributed by atoms with Crippen molar-refractivity contribution in [1.29, 1.82) is 0 Å². The molecule has 1 aromatic heterocycles. The summed E-state index contributed by atoms with van der Waals surface area (Å²) in [5, 5.41) is 11.2. The van der Waals surface area contributed by atoms with Crippen LogP contribution >= 0.6 is 0 Å². The highest BCUT2D eigenvalue weighted by molar-refractivity contribution is 5.74. The second kappa shape index (κ2) is 7.93. The van der Waals surface area contributed by atoms with Crippen molar-refractivity contribution in [3.8, 4) is 11.4 Å². The summed E-state index contributed by atoms with van der Waals surface area (Å²) in [7, 11) is 1.63. The fourth-order valence-electron chi connectivity index (χ4n) is 3.45. The van der Waals surface area contributed by atoms with Crippen LogP contribution in [0.1, 0.15) is 5.69 Å². The van der Waals surface area contributed by atoms with E-state index in [9.17, 15) is 4.79 Å². The molecule has 144 valence electrons. The Morgan fingerprint density at radius 1 is 1.30 bits per heavy atom. The summed E-state index contributed by atoms with van der Waals surface area (Å²) in [6.07, 6.45) is 1.81. The van der Waals surface area contributed by atoms with Crippen LogP contribution in [-0.2, 0) is 11.3 Å². The number of rotatable bonds is 4. The number of hydrogen-bond donors (Lipinski definition) is 1. The van der Waals surface area contributed by atoms with E-state index >= 15 is 0 Å². The topological polar surface area (TPSA) is 84.8 Å². The van der Waals surface area contributed by atoms with Gasteiger partial charge in [-0.05, 0) is 24.3 Å². The lowest BCUT2D eigenvalue weighted by Crippen LogP contribution is -2.60. The minimum absolute atomic E-state index is 0.0702. The molecule has 1 atom stereocenters. The molecular formula is C18H24N6O3. The number of nitrogens with one attached hydrogen (secondary N) is 1. The number of carbonyl (C=O) groups excluding carboxylic acids is 1. The van der Waals surface area contributed by atoms with E-state index < -0.39 is 0 Å². The Hall–Kier alpha value is -2.65. The second-order valence-electron chi connectivity index (χ2n) is 6.72. The minimum atomic E-state index is -0.0702. The summed E-state index contributed by atoms with van der Waals surface area (Å²) in [6, 6.07) is 7.78. The number of methoxy groups -OCH3 is 1. The van der Waals surface area contributed by atoms with Crippen molar-refractivity contribution < 1.29 is 14.3 Å². The zero-order valence-electron chi connectivity index (χ0n) is 15.4. The molecule has 0 saturated carbocycles. The van der Waals surface area contributed by atoms with Gasteiger partial charge >= 0.3 is 6.03 Å². The van der Waals surface area contributed by atoms with Crippen LogP contribution in [0, 0.1) is 0 Å². The largest absolute Gasteiger partial charge is 0.497 e. The molecule has 1 N–H and O–H groups in total. The van der Waals surface area contributed by atoms with Gasteiger partial charge in [-0.25, -0.2) is 9.48 Å². The molecule has 2 amide bonds. The molecule has 9 nitrogen and oxygen atoms in total. The van der Waals surface area contributed by atoms with Crippen LogP contribution in [0.5, 0.6) is 5.75 Å². The first kappa shape index (κ1) is 17.7. The quantitative estimate of drug-likeness (QED) is 0.842. The highest BCUT2D eigenvalue weighted by Gasteiger charge is 2.31. The van der Waals surface area contributed by atoms with Gasteiger partial charge in [-0.2, -0.15) is 0 Å². The van der Waals surface area contributed by atoms with E-state index in [1.165, 1.54) is 0 Å². The lowest BCUT2D eigenvalue weighted by atomic mass is 10.1. The predicted octanol–water partition coefficient (Wildman–Crippen LogP) is 0.502. The SMILES string of the molecule is COc1ccc(-n2cc(CNC(=O)N3CCN4CCOCC4C3)nn2)cc1. The number of fused-ring (bicyclic) bond motifs is 1. The van der Waals surface area contributed by atoms with Gasteiger partial charge in [-0.3, -0.25) is 4.90 Å². The van der Waals surface area contributed by atoms with Crippen LogP contribution in [-0.4, -0.2) is 83.4 Å². The van der Waals surface area contributed by atoms with Crippen molar-refractivity contribution in [3.05, 3.63) is 36.2 Å². The van der Waals surface area contributed by atoms with Crippen molar-refractivity contribution in [2.24, 2.45) is 0 Å². The highest BCUT2D eigenvalue weighted by atomic mass is 16.5. The van der Waals surface area contributed by atoms with Gasteiger partial charge in [0.15, 0.2) is 0 Å². The van der Waals surface area contributed by atoms with E-state index in [4.69, 9.17) is 9.47 Å². The molecule has 1 aromatic carbocycles. The van der Waals surface area contributed by atoms with Gasteiger partial charge in [0.1, 0.15) is 11.4 Å². The Labute approximate surface area is 157 Å². The monoisotopic (exact) mass is 372 g/mol. The van der Waals surface area contributed by atoms with Gasteiger partial charge < -0.3 is 19.7 Å². The Morgan fingerprint density at radius 2 is 2.15 bits per heavy atom. The molecule has 0 bridgehead atoms. The molecule has 0 radical (unpaired) electrons. The fourth-order valence-corrected chi connectivity index (χ4v) is 3.45. The third-order valence-electron chi connectivity index (χ3n) is 5.02. The molecule has 2 saturated heterocycles. The maximum absolute atomic E-state index is 12.5. The van der Waals surface area contributed by atoms with Crippen LogP contribution in [0.3, 0.4) is 0 Å². The van der Waals surface area contributed by atoms with Crippen molar-refractivity contribution >= 4 is 6.03 Å². The summed E-state index contributed by atoms with van der Waals surface area (Å²) in [5.74, 6) is 0.787. The minimum Gasteiger partial charge on any atom is -0.497 e. The van der Waals surface area contributed by atoms with Gasteiger partial charge in [-0.15, -0.1) is 5.10 Å². The number of ether oxygens (including phenoxy) is 2. The lowest BCUT2D eigenvalue weighted by Gasteiger charge is -2.43. The maximum Gasteiger partial charge on any atom is 0.317 e. The van der Waals surface area contributed by atoms with Crippen LogP contribution in [0.4, 0.5) is 4.79 Å². The first-order valence-corrected chi connectivity index (χ1v) is 9.13. The van der Waals surface area contributed by atoms with Gasteiger partial charge in [0, 0.05) is 26.2 Å². The average molecular weight is 372 g/mol. The molecule has 1 unspecified atom stereocenters. The number of urea groups is 1. The third kappa shape index (κ3) is 4.04. The second-order valence-corrected chi connectivity index (χ2v) is 6.72. The van der Waals surface area contributed by atoms with E-state index in [1.807, 2.05) is 35.4 Å². The molecule has 4 rings (SSSR count). The van der Waals surface area contributed by atoms with E-state index in [1.54, 1.807) is 11.8 Å². The molecule has 9 heteroatoms. The van der Waals surface area contributed by atoms with Crippen LogP contribution in [0.2, 0.25) is 0 Å². The molecule has 3 heterocycles. The third-order valence-corrected chi connectivity index (χ3v) is 5.02. The zero-order valence-corrected chi connectivity index (χ0v) is 15.4. The Morgan fingerprint density at radius 3 is 2.96 bits per heavy atom. The Kier molecular flexibility index (Phi) is 5.21. The molecular weight excluding hydrogens is 348 g/mol.